The second-order valence-corrected chi connectivity index (χ2v) is 11.3. The Morgan fingerprint density at radius 1 is 1.24 bits per heavy atom. The molecule has 6 atom stereocenters. The van der Waals surface area contributed by atoms with Gasteiger partial charge < -0.3 is 19.9 Å². The van der Waals surface area contributed by atoms with Crippen LogP contribution < -0.4 is 10.1 Å². The van der Waals surface area contributed by atoms with Crippen LogP contribution in [0.5, 0.6) is 5.75 Å². The molecule has 2 unspecified atom stereocenters. The summed E-state index contributed by atoms with van der Waals surface area (Å²) in [5.74, 6) is -0.108. The first kappa shape index (κ1) is 23.0. The fourth-order valence-electron chi connectivity index (χ4n) is 7.52. The molecule has 2 fully saturated rings. The number of aliphatic hydroxyl groups excluding tert-OH is 1. The maximum atomic E-state index is 13.9. The average Bonchev–Trinajstić information content (AvgIpc) is 3.11. The molecule has 0 bridgehead atoms. The largest absolute Gasteiger partial charge is 0.486 e. The first-order valence-corrected chi connectivity index (χ1v) is 11.7. The van der Waals surface area contributed by atoms with Crippen LogP contribution in [0.2, 0.25) is 0 Å². The van der Waals surface area contributed by atoms with Gasteiger partial charge in [0.1, 0.15) is 11.4 Å². The third-order valence-corrected chi connectivity index (χ3v) is 9.58. The van der Waals surface area contributed by atoms with Crippen LogP contribution in [0.3, 0.4) is 0 Å². The van der Waals surface area contributed by atoms with E-state index in [1.165, 1.54) is 0 Å². The predicted octanol–water partition coefficient (Wildman–Crippen LogP) is 4.48. The molecule has 0 saturated heterocycles. The minimum atomic E-state index is -4.63. The van der Waals surface area contributed by atoms with Gasteiger partial charge in [0, 0.05) is 37.0 Å². The molecule has 5 nitrogen and oxygen atoms in total. The number of hydrogen-bond acceptors (Lipinski definition) is 4. The van der Waals surface area contributed by atoms with Gasteiger partial charge in [0.15, 0.2) is 0 Å². The van der Waals surface area contributed by atoms with Gasteiger partial charge in [0.2, 0.25) is 0 Å². The molecule has 1 aromatic rings. The summed E-state index contributed by atoms with van der Waals surface area (Å²) in [6.07, 6.45) is -3.12. The molecule has 2 aliphatic heterocycles. The number of halogens is 3. The fraction of sp³-hybridized carbons (Fsp3) is 0.720. The Morgan fingerprint density at radius 3 is 2.58 bits per heavy atom. The lowest BCUT2D eigenvalue weighted by molar-refractivity contribution is -0.264. The van der Waals surface area contributed by atoms with E-state index in [0.717, 1.165) is 18.9 Å². The van der Waals surface area contributed by atoms with Crippen molar-refractivity contribution in [1.82, 2.24) is 5.32 Å². The second-order valence-electron chi connectivity index (χ2n) is 11.3. The molecule has 2 saturated carbocycles. The van der Waals surface area contributed by atoms with Crippen LogP contribution in [0.15, 0.2) is 6.07 Å². The Morgan fingerprint density at radius 2 is 1.94 bits per heavy atom. The van der Waals surface area contributed by atoms with Crippen LogP contribution in [-0.4, -0.2) is 35.9 Å². The summed E-state index contributed by atoms with van der Waals surface area (Å²) < 4.78 is 54.5. The zero-order chi connectivity index (χ0) is 24.1. The Kier molecular flexibility index (Phi) is 4.78. The van der Waals surface area contributed by atoms with Crippen molar-refractivity contribution in [3.8, 4) is 5.75 Å². The van der Waals surface area contributed by atoms with Crippen LogP contribution >= 0.6 is 0 Å². The molecule has 0 aromatic heterocycles. The van der Waals surface area contributed by atoms with Gasteiger partial charge in [-0.2, -0.15) is 13.2 Å². The molecule has 5 rings (SSSR count). The average molecular weight is 468 g/mol. The third kappa shape index (κ3) is 2.83. The van der Waals surface area contributed by atoms with E-state index in [1.54, 1.807) is 7.11 Å². The van der Waals surface area contributed by atoms with Crippen LogP contribution in [0, 0.1) is 22.7 Å². The fourth-order valence-corrected chi connectivity index (χ4v) is 7.52. The van der Waals surface area contributed by atoms with Gasteiger partial charge in [0.25, 0.3) is 5.91 Å². The van der Waals surface area contributed by atoms with E-state index in [4.69, 9.17) is 9.47 Å². The summed E-state index contributed by atoms with van der Waals surface area (Å²) >= 11 is 0. The number of alkyl halides is 3. The first-order valence-electron chi connectivity index (χ1n) is 11.7. The standard InChI is InChI=1S/C25H32F3NO4/c1-12-6-7-17-22(2,3)20(30)16(32-5)10-24(17)23(12,4)9-13-8-15(25(26,27)28)18-14(19(13)33-24)11-29-21(18)31/h8,12,16-17,20,30H,6-7,9-11H2,1-5H3,(H,29,31)/t12-,16?,17-,20?,23+,24-/m0/s1. The number of carbonyl (C=O) groups is 1. The van der Waals surface area contributed by atoms with Crippen LogP contribution in [0.1, 0.15) is 74.0 Å². The minimum Gasteiger partial charge on any atom is -0.486 e. The van der Waals surface area contributed by atoms with Gasteiger partial charge in [-0.1, -0.05) is 27.7 Å². The van der Waals surface area contributed by atoms with E-state index >= 15 is 0 Å². The highest BCUT2D eigenvalue weighted by atomic mass is 19.4. The van der Waals surface area contributed by atoms with Gasteiger partial charge in [-0.3, -0.25) is 4.79 Å². The number of rotatable bonds is 1. The Bertz CT molecular complexity index is 1020. The molecule has 2 aliphatic carbocycles. The summed E-state index contributed by atoms with van der Waals surface area (Å²) in [7, 11) is 1.58. The van der Waals surface area contributed by atoms with Crippen LogP contribution in [0.25, 0.3) is 0 Å². The molecule has 4 aliphatic rings. The zero-order valence-corrected chi connectivity index (χ0v) is 19.7. The van der Waals surface area contributed by atoms with Crippen molar-refractivity contribution < 1.29 is 32.5 Å². The summed E-state index contributed by atoms with van der Waals surface area (Å²) in [5.41, 5.74) is -2.08. The number of nitrogens with one attached hydrogen (secondary N) is 1. The third-order valence-electron chi connectivity index (χ3n) is 9.58. The Labute approximate surface area is 192 Å². The molecule has 8 heteroatoms. The van der Waals surface area contributed by atoms with E-state index in [1.807, 2.05) is 13.8 Å². The molecule has 33 heavy (non-hydrogen) atoms. The van der Waals surface area contributed by atoms with E-state index in [0.29, 0.717) is 29.7 Å². The highest BCUT2D eigenvalue weighted by Crippen LogP contribution is 2.66. The number of benzene rings is 1. The van der Waals surface area contributed by atoms with Gasteiger partial charge >= 0.3 is 6.18 Å². The van der Waals surface area contributed by atoms with Gasteiger partial charge in [-0.15, -0.1) is 0 Å². The van der Waals surface area contributed by atoms with Crippen molar-refractivity contribution in [2.45, 2.75) is 83.9 Å². The van der Waals surface area contributed by atoms with E-state index in [2.05, 4.69) is 19.2 Å². The van der Waals surface area contributed by atoms with Crippen LogP contribution in [0.4, 0.5) is 13.2 Å². The van der Waals surface area contributed by atoms with Crippen molar-refractivity contribution in [3.05, 3.63) is 28.3 Å². The summed E-state index contributed by atoms with van der Waals surface area (Å²) in [5, 5.41) is 13.7. The molecule has 1 spiro atoms. The number of amides is 1. The van der Waals surface area contributed by atoms with E-state index in [-0.39, 0.29) is 23.9 Å². The Hall–Kier alpha value is -1.80. The second kappa shape index (κ2) is 6.87. The number of methoxy groups -OCH3 is 1. The number of fused-ring (bicyclic) bond motifs is 3. The highest BCUT2D eigenvalue weighted by Gasteiger charge is 2.69. The molecule has 1 aromatic carbocycles. The van der Waals surface area contributed by atoms with Crippen molar-refractivity contribution >= 4 is 5.91 Å². The molecule has 182 valence electrons. The van der Waals surface area contributed by atoms with Gasteiger partial charge in [-0.05, 0) is 42.2 Å². The summed E-state index contributed by atoms with van der Waals surface area (Å²) in [6.45, 7) is 8.36. The van der Waals surface area contributed by atoms with Crippen molar-refractivity contribution in [2.75, 3.05) is 7.11 Å². The molecule has 2 heterocycles. The molecule has 2 N–H and O–H groups in total. The lowest BCUT2D eigenvalue weighted by Gasteiger charge is -2.68. The maximum Gasteiger partial charge on any atom is 0.417 e. The molecular weight excluding hydrogens is 435 g/mol. The monoisotopic (exact) mass is 467 g/mol. The predicted molar refractivity (Wildman–Crippen MR) is 115 cm³/mol. The first-order chi connectivity index (χ1) is 15.3. The molecule has 1 amide bonds. The summed E-state index contributed by atoms with van der Waals surface area (Å²) in [6, 6.07) is 1.13. The minimum absolute atomic E-state index is 0.0104. The zero-order valence-electron chi connectivity index (χ0n) is 19.7. The molecular formula is C25H32F3NO4. The topological polar surface area (TPSA) is 67.8 Å². The number of hydrogen-bond donors (Lipinski definition) is 2. The quantitative estimate of drug-likeness (QED) is 0.639. The van der Waals surface area contributed by atoms with Crippen LogP contribution in [-0.2, 0) is 23.9 Å². The van der Waals surface area contributed by atoms with Gasteiger partial charge in [0.05, 0.1) is 23.3 Å². The molecule has 0 radical (unpaired) electrons. The van der Waals surface area contributed by atoms with Gasteiger partial charge in [-0.25, -0.2) is 0 Å². The number of ether oxygens (including phenoxy) is 2. The van der Waals surface area contributed by atoms with E-state index < -0.39 is 46.3 Å². The maximum absolute atomic E-state index is 13.9. The van der Waals surface area contributed by atoms with Crippen molar-refractivity contribution in [1.29, 1.82) is 0 Å². The lowest BCUT2D eigenvalue weighted by atomic mass is 9.43. The normalized spacial score (nSPS) is 39.0. The number of carbonyl (C=O) groups excluding carboxylic acids is 1. The van der Waals surface area contributed by atoms with E-state index in [9.17, 15) is 23.1 Å². The Balaban J connectivity index is 1.75. The smallest absolute Gasteiger partial charge is 0.417 e. The summed E-state index contributed by atoms with van der Waals surface area (Å²) in [4.78, 5) is 12.4. The SMILES string of the molecule is COC1C[C@@]23Oc4c(cc(C(F)(F)F)c5c4CNC5=O)C[C@]2(C)[C@@H](C)CC[C@H]3C(C)(C)C1O. The highest BCUT2D eigenvalue weighted by molar-refractivity contribution is 6.01. The van der Waals surface area contributed by atoms with Crippen molar-refractivity contribution in [2.24, 2.45) is 22.7 Å². The van der Waals surface area contributed by atoms with Crippen molar-refractivity contribution in [3.63, 3.8) is 0 Å². The lowest BCUT2D eigenvalue weighted by Crippen LogP contribution is -2.73. The number of aliphatic hydroxyl groups is 1.